The van der Waals surface area contributed by atoms with E-state index in [0.717, 1.165) is 21.7 Å². The van der Waals surface area contributed by atoms with Gasteiger partial charge in [-0.15, -0.1) is 0 Å². The van der Waals surface area contributed by atoms with E-state index in [1.807, 2.05) is 58.0 Å². The summed E-state index contributed by atoms with van der Waals surface area (Å²) in [4.78, 5) is 0. The molecule has 0 aliphatic rings. The van der Waals surface area contributed by atoms with E-state index in [2.05, 4.69) is 74.5 Å². The quantitative estimate of drug-likeness (QED) is 0.195. The number of benzene rings is 4. The fourth-order valence-electron chi connectivity index (χ4n) is 3.11. The summed E-state index contributed by atoms with van der Waals surface area (Å²) >= 11 is 5.99. The Kier molecular flexibility index (Phi) is 13.9. The van der Waals surface area contributed by atoms with E-state index < -0.39 is 0 Å². The lowest BCUT2D eigenvalue weighted by molar-refractivity contribution is 1.07. The van der Waals surface area contributed by atoms with Gasteiger partial charge in [0.05, 0.1) is 0 Å². The predicted octanol–water partition coefficient (Wildman–Crippen LogP) is 8.38. The first-order valence-electron chi connectivity index (χ1n) is 12.2. The third kappa shape index (κ3) is 10.9. The molecule has 0 fully saturated rings. The number of hydrogen-bond donors (Lipinski definition) is 3. The summed E-state index contributed by atoms with van der Waals surface area (Å²) < 4.78 is 0. The Labute approximate surface area is 222 Å². The largest absolute Gasteiger partial charge is 0.384 e. The molecule has 3 nitrogen and oxygen atoms in total. The molecule has 4 aromatic rings. The fraction of sp³-hybridized carbons (Fsp3) is 0.219. The van der Waals surface area contributed by atoms with Crippen molar-refractivity contribution in [2.24, 2.45) is 11.5 Å². The molecule has 190 valence electrons. The minimum absolute atomic E-state index is 0.128. The summed E-state index contributed by atoms with van der Waals surface area (Å²) in [6, 6.07) is 30.5. The van der Waals surface area contributed by atoms with Crippen molar-refractivity contribution in [1.82, 2.24) is 0 Å². The van der Waals surface area contributed by atoms with Crippen LogP contribution in [-0.2, 0) is 6.54 Å². The van der Waals surface area contributed by atoms with E-state index in [4.69, 9.17) is 28.5 Å². The third-order valence-corrected chi connectivity index (χ3v) is 5.65. The maximum Gasteiger partial charge on any atom is 0.122 e. The molecule has 4 aromatic carbocycles. The summed E-state index contributed by atoms with van der Waals surface area (Å²) in [5, 5.41) is 7.93. The Morgan fingerprint density at radius 1 is 0.694 bits per heavy atom. The molecule has 0 atom stereocenters. The van der Waals surface area contributed by atoms with Crippen molar-refractivity contribution in [2.75, 3.05) is 0 Å². The first kappa shape index (κ1) is 30.6. The lowest BCUT2D eigenvalue weighted by Gasteiger charge is -2.04. The standard InChI is InChI=1S/C14H13Cl.C8H10N2.C8H11N.C2H6/c1-10-3-5-12(6-4-10)13-7-8-14(15)11(2)9-13;1-6-3-2-4-7(5-6)8(9)10;1-7-2-4-8(6-9)5-3-7;1-2/h3-9H,1-2H3;2-5H,1H3,(H3,9,10);2-5H,6,9H2,1H3;1-2H3. The molecule has 0 bridgehead atoms. The van der Waals surface area contributed by atoms with Gasteiger partial charge in [-0.2, -0.15) is 0 Å². The Bertz CT molecular complexity index is 1200. The normalized spacial score (nSPS) is 9.44. The van der Waals surface area contributed by atoms with Crippen LogP contribution in [0.15, 0.2) is 91.0 Å². The molecular formula is C32H40ClN3. The van der Waals surface area contributed by atoms with Crippen LogP contribution < -0.4 is 11.5 Å². The summed E-state index contributed by atoms with van der Waals surface area (Å²) in [7, 11) is 0. The predicted molar refractivity (Wildman–Crippen MR) is 159 cm³/mol. The minimum Gasteiger partial charge on any atom is -0.384 e. The van der Waals surface area contributed by atoms with Crippen LogP contribution in [0.25, 0.3) is 11.1 Å². The summed E-state index contributed by atoms with van der Waals surface area (Å²) in [5.41, 5.74) is 19.9. The van der Waals surface area contributed by atoms with Crippen LogP contribution in [0.4, 0.5) is 0 Å². The van der Waals surface area contributed by atoms with Crippen LogP contribution in [0.5, 0.6) is 0 Å². The lowest BCUT2D eigenvalue weighted by Crippen LogP contribution is -2.10. The van der Waals surface area contributed by atoms with E-state index in [0.29, 0.717) is 6.54 Å². The Morgan fingerprint density at radius 3 is 1.67 bits per heavy atom. The molecular weight excluding hydrogens is 462 g/mol. The van der Waals surface area contributed by atoms with Crippen molar-refractivity contribution in [3.05, 3.63) is 129 Å². The molecule has 0 aliphatic heterocycles. The minimum atomic E-state index is 0.128. The van der Waals surface area contributed by atoms with Crippen LogP contribution in [-0.4, -0.2) is 5.84 Å². The Hall–Kier alpha value is -3.40. The van der Waals surface area contributed by atoms with E-state index in [-0.39, 0.29) is 5.84 Å². The number of nitrogens with one attached hydrogen (secondary N) is 1. The first-order chi connectivity index (χ1) is 17.2. The molecule has 0 saturated carbocycles. The van der Waals surface area contributed by atoms with Gasteiger partial charge >= 0.3 is 0 Å². The topological polar surface area (TPSA) is 75.9 Å². The molecule has 4 heteroatoms. The summed E-state index contributed by atoms with van der Waals surface area (Å²) in [6.45, 7) is 12.8. The van der Waals surface area contributed by atoms with Gasteiger partial charge in [-0.1, -0.05) is 115 Å². The summed E-state index contributed by atoms with van der Waals surface area (Å²) in [6.07, 6.45) is 0. The van der Waals surface area contributed by atoms with E-state index >= 15 is 0 Å². The van der Waals surface area contributed by atoms with Gasteiger partial charge in [0, 0.05) is 17.1 Å². The zero-order valence-corrected chi connectivity index (χ0v) is 23.2. The van der Waals surface area contributed by atoms with Crippen molar-refractivity contribution in [3.63, 3.8) is 0 Å². The molecule has 0 amide bonds. The average molecular weight is 502 g/mol. The number of nitrogens with two attached hydrogens (primary N) is 2. The van der Waals surface area contributed by atoms with Crippen molar-refractivity contribution < 1.29 is 0 Å². The highest BCUT2D eigenvalue weighted by molar-refractivity contribution is 6.31. The number of hydrogen-bond acceptors (Lipinski definition) is 2. The van der Waals surface area contributed by atoms with Crippen LogP contribution in [0, 0.1) is 33.1 Å². The van der Waals surface area contributed by atoms with Gasteiger partial charge in [0.2, 0.25) is 0 Å². The number of aryl methyl sites for hydroxylation is 4. The lowest BCUT2D eigenvalue weighted by atomic mass is 10.0. The third-order valence-electron chi connectivity index (χ3n) is 5.23. The monoisotopic (exact) mass is 501 g/mol. The van der Waals surface area contributed by atoms with Crippen molar-refractivity contribution in [2.45, 2.75) is 48.1 Å². The second kappa shape index (κ2) is 16.3. The molecule has 0 aromatic heterocycles. The highest BCUT2D eigenvalue weighted by Gasteiger charge is 2.00. The molecule has 0 unspecified atom stereocenters. The number of rotatable bonds is 3. The first-order valence-corrected chi connectivity index (χ1v) is 12.6. The van der Waals surface area contributed by atoms with Gasteiger partial charge in [0.15, 0.2) is 0 Å². The second-order valence-electron chi connectivity index (χ2n) is 8.30. The van der Waals surface area contributed by atoms with Crippen molar-refractivity contribution in [3.8, 4) is 11.1 Å². The number of nitrogen functional groups attached to an aromatic ring is 1. The van der Waals surface area contributed by atoms with E-state index in [1.54, 1.807) is 0 Å². The fourth-order valence-corrected chi connectivity index (χ4v) is 3.22. The highest BCUT2D eigenvalue weighted by Crippen LogP contribution is 2.24. The van der Waals surface area contributed by atoms with Crippen LogP contribution in [0.2, 0.25) is 5.02 Å². The maximum atomic E-state index is 7.11. The maximum absolute atomic E-state index is 7.11. The molecule has 0 spiro atoms. The van der Waals surface area contributed by atoms with Gasteiger partial charge < -0.3 is 11.5 Å². The SMILES string of the molecule is CC.Cc1ccc(-c2ccc(Cl)c(C)c2)cc1.Cc1ccc(CN)cc1.Cc1cccc(C(=N)N)c1. The van der Waals surface area contributed by atoms with Gasteiger partial charge in [-0.05, 0) is 68.1 Å². The molecule has 0 radical (unpaired) electrons. The van der Waals surface area contributed by atoms with Gasteiger partial charge in [0.25, 0.3) is 0 Å². The van der Waals surface area contributed by atoms with Crippen LogP contribution in [0.1, 0.15) is 47.2 Å². The average Bonchev–Trinajstić information content (AvgIpc) is 2.89. The van der Waals surface area contributed by atoms with Crippen LogP contribution in [0.3, 0.4) is 0 Å². The molecule has 4 rings (SSSR count). The summed E-state index contributed by atoms with van der Waals surface area (Å²) in [5.74, 6) is 0.128. The molecule has 36 heavy (non-hydrogen) atoms. The molecule has 0 heterocycles. The van der Waals surface area contributed by atoms with Crippen molar-refractivity contribution in [1.29, 1.82) is 5.41 Å². The Morgan fingerprint density at radius 2 is 1.22 bits per heavy atom. The number of halogens is 1. The zero-order valence-electron chi connectivity index (χ0n) is 22.4. The van der Waals surface area contributed by atoms with Gasteiger partial charge in [-0.3, -0.25) is 5.41 Å². The van der Waals surface area contributed by atoms with Crippen molar-refractivity contribution >= 4 is 17.4 Å². The molecule has 0 saturated heterocycles. The highest BCUT2D eigenvalue weighted by atomic mass is 35.5. The van der Waals surface area contributed by atoms with E-state index in [1.165, 1.54) is 27.8 Å². The number of amidine groups is 1. The Balaban J connectivity index is 0.000000272. The molecule has 5 N–H and O–H groups in total. The van der Waals surface area contributed by atoms with E-state index in [9.17, 15) is 0 Å². The van der Waals surface area contributed by atoms with Crippen LogP contribution >= 0.6 is 11.6 Å². The second-order valence-corrected chi connectivity index (χ2v) is 8.71. The smallest absolute Gasteiger partial charge is 0.122 e. The molecule has 0 aliphatic carbocycles. The van der Waals surface area contributed by atoms with Gasteiger partial charge in [0.1, 0.15) is 5.84 Å². The zero-order chi connectivity index (χ0) is 27.1. The van der Waals surface area contributed by atoms with Gasteiger partial charge in [-0.25, -0.2) is 0 Å².